The lowest BCUT2D eigenvalue weighted by Gasteiger charge is -1.93. The normalized spacial score (nSPS) is 10.4. The lowest BCUT2D eigenvalue weighted by atomic mass is 10.2. The summed E-state index contributed by atoms with van der Waals surface area (Å²) < 4.78 is 0. The van der Waals surface area contributed by atoms with E-state index in [4.69, 9.17) is 0 Å². The highest BCUT2D eigenvalue weighted by Gasteiger charge is 1.87. The first kappa shape index (κ1) is 10.9. The molecule has 0 heterocycles. The molecule has 0 radical (unpaired) electrons. The van der Waals surface area contributed by atoms with E-state index in [9.17, 15) is 4.79 Å². The van der Waals surface area contributed by atoms with Crippen molar-refractivity contribution in [3.63, 3.8) is 0 Å². The van der Waals surface area contributed by atoms with Crippen LogP contribution in [0.1, 0.15) is 39.0 Å². The number of unbranched alkanes of at least 4 members (excludes halogenated alkanes) is 4. The number of nitrogens with two attached hydrogens (primary N) is 1. The van der Waals surface area contributed by atoms with Gasteiger partial charge in [-0.1, -0.05) is 31.3 Å². The number of nitrogens with zero attached hydrogens (tertiary/aromatic N) is 1. The number of amides is 1. The first-order valence-corrected chi connectivity index (χ1v) is 4.25. The van der Waals surface area contributed by atoms with Crippen molar-refractivity contribution in [3.8, 4) is 0 Å². The second-order valence-electron chi connectivity index (χ2n) is 2.55. The lowest BCUT2D eigenvalue weighted by molar-refractivity contribution is 0.162. The Hall–Kier alpha value is -1.06. The van der Waals surface area contributed by atoms with Gasteiger partial charge in [-0.05, 0) is 12.8 Å². The number of carbonyl (C=O) groups excluding carboxylic acids is 1. The first-order chi connectivity index (χ1) is 5.77. The summed E-state index contributed by atoms with van der Waals surface area (Å²) >= 11 is 0. The fraction of sp³-hybridized carbons (Fsp3) is 0.750. The van der Waals surface area contributed by atoms with Gasteiger partial charge in [0.05, 0.1) is 0 Å². The molecule has 1 amide bonds. The zero-order valence-electron chi connectivity index (χ0n) is 7.45. The van der Waals surface area contributed by atoms with Crippen molar-refractivity contribution in [2.24, 2.45) is 10.9 Å². The molecule has 0 aliphatic heterocycles. The van der Waals surface area contributed by atoms with Crippen LogP contribution in [0.4, 0.5) is 4.79 Å². The van der Waals surface area contributed by atoms with Crippen LogP contribution < -0.4 is 5.73 Å². The van der Waals surface area contributed by atoms with Crippen LogP contribution in [0.3, 0.4) is 0 Å². The van der Waals surface area contributed by atoms with E-state index in [1.165, 1.54) is 19.3 Å². The van der Waals surface area contributed by atoms with Crippen LogP contribution in [0.15, 0.2) is 5.16 Å². The van der Waals surface area contributed by atoms with Gasteiger partial charge in [-0.15, -0.1) is 0 Å². The fourth-order valence-corrected chi connectivity index (χ4v) is 0.804. The summed E-state index contributed by atoms with van der Waals surface area (Å²) in [5.41, 5.74) is 4.68. The minimum atomic E-state index is -0.861. The zero-order chi connectivity index (χ0) is 9.23. The molecular weight excluding hydrogens is 156 g/mol. The standard InChI is InChI=1S/C8H16N2O2/c1-2-3-4-5-6-7-10-12-8(9)11/h7H,2-6H2,1H3,(H2,9,11). The van der Waals surface area contributed by atoms with Gasteiger partial charge in [-0.25, -0.2) is 4.79 Å². The molecule has 0 spiro atoms. The molecule has 0 bridgehead atoms. The molecule has 0 aliphatic rings. The van der Waals surface area contributed by atoms with Gasteiger partial charge in [0.25, 0.3) is 0 Å². The summed E-state index contributed by atoms with van der Waals surface area (Å²) in [5.74, 6) is 0. The van der Waals surface area contributed by atoms with Gasteiger partial charge in [-0.2, -0.15) is 0 Å². The van der Waals surface area contributed by atoms with Gasteiger partial charge in [-0.3, -0.25) is 4.84 Å². The quantitative estimate of drug-likeness (QED) is 0.288. The molecule has 0 rings (SSSR count). The third-order valence-electron chi connectivity index (χ3n) is 1.40. The molecule has 0 aromatic rings. The van der Waals surface area contributed by atoms with Crippen molar-refractivity contribution in [3.05, 3.63) is 0 Å². The van der Waals surface area contributed by atoms with Crippen LogP contribution in [-0.2, 0) is 4.84 Å². The maximum absolute atomic E-state index is 10.0. The third kappa shape index (κ3) is 8.94. The molecule has 12 heavy (non-hydrogen) atoms. The highest BCUT2D eigenvalue weighted by atomic mass is 16.7. The van der Waals surface area contributed by atoms with Crippen LogP contribution in [0.25, 0.3) is 0 Å². The summed E-state index contributed by atoms with van der Waals surface area (Å²) in [5, 5.41) is 3.37. The van der Waals surface area contributed by atoms with Crippen molar-refractivity contribution in [1.82, 2.24) is 0 Å². The highest BCUT2D eigenvalue weighted by molar-refractivity contribution is 5.66. The molecule has 0 saturated carbocycles. The average Bonchev–Trinajstić information content (AvgIpc) is 2.02. The van der Waals surface area contributed by atoms with E-state index in [1.807, 2.05) is 0 Å². The van der Waals surface area contributed by atoms with E-state index < -0.39 is 6.09 Å². The molecule has 0 aromatic heterocycles. The van der Waals surface area contributed by atoms with Crippen molar-refractivity contribution in [1.29, 1.82) is 0 Å². The molecule has 2 N–H and O–H groups in total. The number of rotatable bonds is 6. The number of carbonyl (C=O) groups is 1. The van der Waals surface area contributed by atoms with E-state index >= 15 is 0 Å². The fourth-order valence-electron chi connectivity index (χ4n) is 0.804. The molecular formula is C8H16N2O2. The number of hydrogen-bond acceptors (Lipinski definition) is 3. The highest BCUT2D eigenvalue weighted by Crippen LogP contribution is 2.00. The lowest BCUT2D eigenvalue weighted by Crippen LogP contribution is -2.09. The van der Waals surface area contributed by atoms with E-state index in [0.29, 0.717) is 0 Å². The van der Waals surface area contributed by atoms with Gasteiger partial charge in [0.15, 0.2) is 0 Å². The van der Waals surface area contributed by atoms with Crippen LogP contribution >= 0.6 is 0 Å². The Bertz CT molecular complexity index is 146. The Morgan fingerprint density at radius 3 is 2.83 bits per heavy atom. The largest absolute Gasteiger partial charge is 0.430 e. The SMILES string of the molecule is CCCCCCC=NOC(N)=O. The van der Waals surface area contributed by atoms with Crippen molar-refractivity contribution in [2.75, 3.05) is 0 Å². The minimum absolute atomic E-state index is 0.841. The smallest absolute Gasteiger partial charge is 0.333 e. The van der Waals surface area contributed by atoms with E-state index in [-0.39, 0.29) is 0 Å². The summed E-state index contributed by atoms with van der Waals surface area (Å²) in [6.45, 7) is 2.16. The molecule has 0 unspecified atom stereocenters. The molecule has 0 aliphatic carbocycles. The van der Waals surface area contributed by atoms with E-state index in [0.717, 1.165) is 12.8 Å². The molecule has 0 atom stereocenters. The van der Waals surface area contributed by atoms with Gasteiger partial charge >= 0.3 is 6.09 Å². The minimum Gasteiger partial charge on any atom is -0.333 e. The van der Waals surface area contributed by atoms with E-state index in [2.05, 4.69) is 22.7 Å². The third-order valence-corrected chi connectivity index (χ3v) is 1.40. The number of hydrogen-bond donors (Lipinski definition) is 1. The molecule has 4 nitrogen and oxygen atoms in total. The molecule has 70 valence electrons. The predicted molar refractivity (Wildman–Crippen MR) is 47.9 cm³/mol. The summed E-state index contributed by atoms with van der Waals surface area (Å²) in [7, 11) is 0. The maximum atomic E-state index is 10.0. The van der Waals surface area contributed by atoms with Crippen LogP contribution in [0.2, 0.25) is 0 Å². The van der Waals surface area contributed by atoms with Gasteiger partial charge < -0.3 is 5.73 Å². The monoisotopic (exact) mass is 172 g/mol. The average molecular weight is 172 g/mol. The van der Waals surface area contributed by atoms with Crippen molar-refractivity contribution in [2.45, 2.75) is 39.0 Å². The Morgan fingerprint density at radius 1 is 1.50 bits per heavy atom. The van der Waals surface area contributed by atoms with Gasteiger partial charge in [0.2, 0.25) is 0 Å². The molecule has 0 saturated heterocycles. The molecule has 0 fully saturated rings. The molecule has 4 heteroatoms. The summed E-state index contributed by atoms with van der Waals surface area (Å²) in [6, 6.07) is 0. The maximum Gasteiger partial charge on any atom is 0.430 e. The molecule has 0 aromatic carbocycles. The second-order valence-corrected chi connectivity index (χ2v) is 2.55. The number of primary amides is 1. The van der Waals surface area contributed by atoms with Crippen molar-refractivity contribution >= 4 is 12.3 Å². The van der Waals surface area contributed by atoms with Crippen molar-refractivity contribution < 1.29 is 9.63 Å². The summed E-state index contributed by atoms with van der Waals surface area (Å²) in [6.07, 6.45) is 6.28. The Kier molecular flexibility index (Phi) is 7.33. The van der Waals surface area contributed by atoms with E-state index in [1.54, 1.807) is 6.21 Å². The Labute approximate surface area is 72.8 Å². The number of oxime groups is 1. The van der Waals surface area contributed by atoms with Gasteiger partial charge in [0, 0.05) is 6.21 Å². The topological polar surface area (TPSA) is 64.7 Å². The Balaban J connectivity index is 3.08. The summed E-state index contributed by atoms with van der Waals surface area (Å²) in [4.78, 5) is 14.2. The zero-order valence-corrected chi connectivity index (χ0v) is 7.45. The Morgan fingerprint density at radius 2 is 2.25 bits per heavy atom. The van der Waals surface area contributed by atoms with Crippen LogP contribution in [0, 0.1) is 0 Å². The van der Waals surface area contributed by atoms with Crippen LogP contribution in [0.5, 0.6) is 0 Å². The van der Waals surface area contributed by atoms with Gasteiger partial charge in [0.1, 0.15) is 0 Å². The first-order valence-electron chi connectivity index (χ1n) is 4.25. The predicted octanol–water partition coefficient (Wildman–Crippen LogP) is 2.04. The van der Waals surface area contributed by atoms with Crippen LogP contribution in [-0.4, -0.2) is 12.3 Å². The second kappa shape index (κ2) is 8.04.